The minimum Gasteiger partial charge on any atom is -0.267 e. The summed E-state index contributed by atoms with van der Waals surface area (Å²) >= 11 is 2.48. The molecule has 5 nitrogen and oxygen atoms in total. The average molecular weight is 493 g/mol. The fourth-order valence-corrected chi connectivity index (χ4v) is 6.66. The highest BCUT2D eigenvalue weighted by molar-refractivity contribution is 8.00. The molecule has 0 unspecified atom stereocenters. The fraction of sp³-hybridized carbons (Fsp3) is 0.120. The number of aryl methyl sites for hydroxylation is 2. The van der Waals surface area contributed by atoms with E-state index in [1.165, 1.54) is 28.0 Å². The van der Waals surface area contributed by atoms with E-state index in [1.807, 2.05) is 49.6 Å². The van der Waals surface area contributed by atoms with Crippen molar-refractivity contribution in [3.8, 4) is 11.8 Å². The Morgan fingerprint density at radius 3 is 2.36 bits per heavy atom. The number of nitriles is 1. The fourth-order valence-electron chi connectivity index (χ4n) is 3.31. The van der Waals surface area contributed by atoms with Crippen molar-refractivity contribution in [2.24, 2.45) is 0 Å². The molecule has 0 aliphatic heterocycles. The van der Waals surface area contributed by atoms with Gasteiger partial charge in [0.1, 0.15) is 10.7 Å². The van der Waals surface area contributed by atoms with Crippen LogP contribution in [0.1, 0.15) is 22.9 Å². The van der Waals surface area contributed by atoms with Crippen molar-refractivity contribution in [1.29, 1.82) is 5.26 Å². The molecule has 0 aliphatic rings. The van der Waals surface area contributed by atoms with Crippen LogP contribution < -0.4 is 14.8 Å². The van der Waals surface area contributed by atoms with Crippen LogP contribution in [0, 0.1) is 18.3 Å². The van der Waals surface area contributed by atoms with Gasteiger partial charge in [0.15, 0.2) is 4.91 Å². The molecule has 0 atom stereocenters. The maximum atomic E-state index is 13.4. The second-order valence-electron chi connectivity index (χ2n) is 7.35. The number of thiazole rings is 1. The Labute approximate surface area is 199 Å². The quantitative estimate of drug-likeness (QED) is 0.425. The molecule has 2 heterocycles. The molecule has 0 fully saturated rings. The van der Waals surface area contributed by atoms with Gasteiger partial charge in [-0.1, -0.05) is 42.8 Å². The minimum atomic E-state index is -4.13. The van der Waals surface area contributed by atoms with Crippen LogP contribution in [0.3, 0.4) is 0 Å². The summed E-state index contributed by atoms with van der Waals surface area (Å²) in [5, 5.41) is 11.9. The maximum Gasteiger partial charge on any atom is 0.273 e. The Morgan fingerprint density at radius 2 is 1.79 bits per heavy atom. The monoisotopic (exact) mass is 492 g/mol. The van der Waals surface area contributed by atoms with E-state index in [4.69, 9.17) is 0 Å². The van der Waals surface area contributed by atoms with E-state index >= 15 is 0 Å². The lowest BCUT2D eigenvalue weighted by Crippen LogP contribution is -2.31. The predicted molar refractivity (Wildman–Crippen MR) is 134 cm³/mol. The van der Waals surface area contributed by atoms with Crippen molar-refractivity contribution in [3.05, 3.63) is 102 Å². The Kier molecular flexibility index (Phi) is 6.47. The van der Waals surface area contributed by atoms with Crippen LogP contribution in [0.5, 0.6) is 0 Å². The van der Waals surface area contributed by atoms with Gasteiger partial charge in [-0.3, -0.25) is 9.36 Å². The van der Waals surface area contributed by atoms with Crippen molar-refractivity contribution < 1.29 is 8.42 Å². The standard InChI is InChI=1S/C25H20N2O3S3/c1-3-18-8-10-19(11-9-18)27-24(28)22(15-20-5-4-14-31-20)32-25(27)23(16-26)33(29,30)21-12-6-17(2)7-13-21/h4-15H,3H2,1-2H3/b22-15-,25-23+. The van der Waals surface area contributed by atoms with E-state index in [0.717, 1.165) is 33.8 Å². The van der Waals surface area contributed by atoms with E-state index in [2.05, 4.69) is 0 Å². The normalized spacial score (nSPS) is 13.1. The maximum absolute atomic E-state index is 13.4. The summed E-state index contributed by atoms with van der Waals surface area (Å²) in [6.07, 6.45) is 2.56. The first-order chi connectivity index (χ1) is 15.8. The number of rotatable bonds is 5. The van der Waals surface area contributed by atoms with Crippen molar-refractivity contribution >= 4 is 43.5 Å². The molecular formula is C25H20N2O3S3. The lowest BCUT2D eigenvalue weighted by atomic mass is 10.1. The van der Waals surface area contributed by atoms with Gasteiger partial charge in [-0.15, -0.1) is 22.7 Å². The molecule has 33 heavy (non-hydrogen) atoms. The lowest BCUT2D eigenvalue weighted by Gasteiger charge is -2.06. The highest BCUT2D eigenvalue weighted by Gasteiger charge is 2.25. The molecule has 0 spiro atoms. The third kappa shape index (κ3) is 4.48. The van der Waals surface area contributed by atoms with Crippen LogP contribution in [0.4, 0.5) is 0 Å². The van der Waals surface area contributed by atoms with E-state index in [9.17, 15) is 18.5 Å². The Bertz CT molecular complexity index is 1620. The first-order valence-corrected chi connectivity index (χ1v) is 13.4. The minimum absolute atomic E-state index is 0.0159. The Balaban J connectivity index is 2.09. The van der Waals surface area contributed by atoms with E-state index in [0.29, 0.717) is 10.2 Å². The van der Waals surface area contributed by atoms with Gasteiger partial charge in [0.2, 0.25) is 9.84 Å². The zero-order valence-corrected chi connectivity index (χ0v) is 20.4. The van der Waals surface area contributed by atoms with Crippen molar-refractivity contribution in [1.82, 2.24) is 4.57 Å². The molecule has 0 N–H and O–H groups in total. The van der Waals surface area contributed by atoms with Gasteiger partial charge in [-0.25, -0.2) is 8.42 Å². The van der Waals surface area contributed by atoms with Crippen molar-refractivity contribution in [2.75, 3.05) is 0 Å². The van der Waals surface area contributed by atoms with E-state index < -0.39 is 14.7 Å². The highest BCUT2D eigenvalue weighted by Crippen LogP contribution is 2.20. The average Bonchev–Trinajstić information content (AvgIpc) is 3.43. The van der Waals surface area contributed by atoms with Crippen LogP contribution in [-0.4, -0.2) is 13.0 Å². The van der Waals surface area contributed by atoms with E-state index in [-0.39, 0.29) is 15.1 Å². The zero-order valence-electron chi connectivity index (χ0n) is 18.0. The van der Waals surface area contributed by atoms with Crippen LogP contribution >= 0.6 is 22.7 Å². The van der Waals surface area contributed by atoms with Gasteiger partial charge in [0.25, 0.3) is 5.56 Å². The molecule has 2 aromatic carbocycles. The summed E-state index contributed by atoms with van der Waals surface area (Å²) in [6, 6.07) is 19.3. The summed E-state index contributed by atoms with van der Waals surface area (Å²) in [5.74, 6) is 0. The summed E-state index contributed by atoms with van der Waals surface area (Å²) in [7, 11) is -4.13. The van der Waals surface area contributed by atoms with Crippen molar-refractivity contribution in [2.45, 2.75) is 25.2 Å². The van der Waals surface area contributed by atoms with Crippen LogP contribution in [0.2, 0.25) is 0 Å². The summed E-state index contributed by atoms with van der Waals surface area (Å²) in [6.45, 7) is 3.88. The second kappa shape index (κ2) is 9.32. The number of hydrogen-bond donors (Lipinski definition) is 0. The van der Waals surface area contributed by atoms with E-state index in [1.54, 1.807) is 30.3 Å². The van der Waals surface area contributed by atoms with Crippen molar-refractivity contribution in [3.63, 3.8) is 0 Å². The van der Waals surface area contributed by atoms with Gasteiger partial charge in [-0.05, 0) is 60.7 Å². The topological polar surface area (TPSA) is 79.9 Å². The van der Waals surface area contributed by atoms with Gasteiger partial charge >= 0.3 is 0 Å². The summed E-state index contributed by atoms with van der Waals surface area (Å²) in [4.78, 5) is 13.9. The number of aromatic nitrogens is 1. The molecule has 0 amide bonds. The SMILES string of the molecule is CCc1ccc(-n2c(=O)/c(=C/c3cccs3)s/c2=C(\C#N)S(=O)(=O)c2ccc(C)cc2)cc1. The first kappa shape index (κ1) is 22.9. The molecular weight excluding hydrogens is 472 g/mol. The number of thiophene rings is 1. The Morgan fingerprint density at radius 1 is 1.09 bits per heavy atom. The Hall–Kier alpha value is -3.25. The van der Waals surface area contributed by atoms with Gasteiger partial charge in [-0.2, -0.15) is 5.26 Å². The predicted octanol–water partition coefficient (Wildman–Crippen LogP) is 3.77. The number of sulfone groups is 1. The molecule has 0 aliphatic carbocycles. The third-order valence-corrected chi connectivity index (χ3v) is 8.89. The van der Waals surface area contributed by atoms with Gasteiger partial charge in [0, 0.05) is 4.88 Å². The molecule has 0 saturated heterocycles. The highest BCUT2D eigenvalue weighted by atomic mass is 32.2. The second-order valence-corrected chi connectivity index (χ2v) is 11.2. The zero-order chi connectivity index (χ0) is 23.6. The lowest BCUT2D eigenvalue weighted by molar-refractivity contribution is 0.606. The molecule has 0 saturated carbocycles. The molecule has 4 rings (SSSR count). The summed E-state index contributed by atoms with van der Waals surface area (Å²) in [5.41, 5.74) is 2.15. The molecule has 8 heteroatoms. The third-order valence-electron chi connectivity index (χ3n) is 5.14. The number of nitrogens with zero attached hydrogens (tertiary/aromatic N) is 2. The molecule has 2 aromatic heterocycles. The number of benzene rings is 2. The molecule has 166 valence electrons. The largest absolute Gasteiger partial charge is 0.273 e. The molecule has 0 radical (unpaired) electrons. The summed E-state index contributed by atoms with van der Waals surface area (Å²) < 4.78 is 28.6. The molecule has 4 aromatic rings. The smallest absolute Gasteiger partial charge is 0.267 e. The van der Waals surface area contributed by atoms with Gasteiger partial charge < -0.3 is 0 Å². The van der Waals surface area contributed by atoms with Gasteiger partial charge in [0.05, 0.1) is 15.1 Å². The van der Waals surface area contributed by atoms with Crippen LogP contribution in [-0.2, 0) is 16.3 Å². The first-order valence-electron chi connectivity index (χ1n) is 10.2. The number of hydrogen-bond acceptors (Lipinski definition) is 6. The van der Waals surface area contributed by atoms with Crippen LogP contribution in [0.15, 0.2) is 75.7 Å². The molecule has 0 bridgehead atoms. The van der Waals surface area contributed by atoms with Crippen LogP contribution in [0.25, 0.3) is 16.7 Å².